The molecule has 0 aromatic heterocycles. The van der Waals surface area contributed by atoms with Gasteiger partial charge in [-0.25, -0.2) is 0 Å². The molecule has 4 N–H and O–H groups in total. The summed E-state index contributed by atoms with van der Waals surface area (Å²) in [5, 5.41) is 0. The van der Waals surface area contributed by atoms with Crippen molar-refractivity contribution >= 4 is 5.69 Å². The molecule has 1 aromatic rings. The third-order valence-electron chi connectivity index (χ3n) is 2.14. The number of benzene rings is 1. The second-order valence-electron chi connectivity index (χ2n) is 3.25. The molecule has 0 aliphatic rings. The Labute approximate surface area is 79.2 Å². The van der Waals surface area contributed by atoms with Crippen molar-refractivity contribution in [3.8, 4) is 0 Å². The number of hydrogen-bond donors (Lipinski definition) is 2. The molecule has 13 heavy (non-hydrogen) atoms. The normalized spacial score (nSPS) is 12.5. The largest absolute Gasteiger partial charge is 0.399 e. The van der Waals surface area contributed by atoms with Crippen LogP contribution in [0.4, 0.5) is 5.69 Å². The van der Waals surface area contributed by atoms with Crippen molar-refractivity contribution in [2.24, 2.45) is 5.73 Å². The number of anilines is 1. The minimum Gasteiger partial charge on any atom is -0.399 e. The zero-order chi connectivity index (χ0) is 9.84. The summed E-state index contributed by atoms with van der Waals surface area (Å²) in [4.78, 5) is 0. The molecule has 0 saturated heterocycles. The number of hydrogen-bond acceptors (Lipinski definition) is 2. The summed E-state index contributed by atoms with van der Waals surface area (Å²) in [6, 6.07) is 5.94. The van der Waals surface area contributed by atoms with E-state index in [1.807, 2.05) is 31.2 Å². The van der Waals surface area contributed by atoms with Crippen LogP contribution < -0.4 is 11.5 Å². The van der Waals surface area contributed by atoms with E-state index in [0.717, 1.165) is 23.2 Å². The lowest BCUT2D eigenvalue weighted by Gasteiger charge is -2.11. The van der Waals surface area contributed by atoms with Crippen molar-refractivity contribution in [3.05, 3.63) is 42.0 Å². The zero-order valence-corrected chi connectivity index (χ0v) is 7.96. The molecule has 1 aromatic carbocycles. The third kappa shape index (κ3) is 2.33. The molecule has 0 amide bonds. The number of aryl methyl sites for hydroxylation is 1. The van der Waals surface area contributed by atoms with Crippen molar-refractivity contribution < 1.29 is 0 Å². The van der Waals surface area contributed by atoms with Crippen LogP contribution in [-0.4, -0.2) is 0 Å². The third-order valence-corrected chi connectivity index (χ3v) is 2.14. The van der Waals surface area contributed by atoms with E-state index in [1.54, 1.807) is 0 Å². The van der Waals surface area contributed by atoms with E-state index in [0.29, 0.717) is 0 Å². The van der Waals surface area contributed by atoms with Gasteiger partial charge in [-0.05, 0) is 30.5 Å². The minimum atomic E-state index is 0.0387. The predicted octanol–water partition coefficient (Wildman–Crippen LogP) is 2.15. The molecule has 0 heterocycles. The van der Waals surface area contributed by atoms with Crippen molar-refractivity contribution in [1.82, 2.24) is 0 Å². The van der Waals surface area contributed by atoms with E-state index < -0.39 is 0 Å². The predicted molar refractivity (Wildman–Crippen MR) is 57.3 cm³/mol. The van der Waals surface area contributed by atoms with Crippen molar-refractivity contribution in [3.63, 3.8) is 0 Å². The first-order valence-electron chi connectivity index (χ1n) is 4.37. The van der Waals surface area contributed by atoms with Crippen LogP contribution in [0.3, 0.4) is 0 Å². The molecular formula is C11H16N2. The Hall–Kier alpha value is -1.28. The molecular weight excluding hydrogens is 160 g/mol. The van der Waals surface area contributed by atoms with E-state index >= 15 is 0 Å². The first-order valence-corrected chi connectivity index (χ1v) is 4.37. The first kappa shape index (κ1) is 9.81. The highest BCUT2D eigenvalue weighted by atomic mass is 14.6. The van der Waals surface area contributed by atoms with Crippen LogP contribution in [0.25, 0.3) is 0 Å². The quantitative estimate of drug-likeness (QED) is 0.547. The van der Waals surface area contributed by atoms with E-state index in [-0.39, 0.29) is 6.04 Å². The van der Waals surface area contributed by atoms with Crippen LogP contribution >= 0.6 is 0 Å². The Kier molecular flexibility index (Phi) is 3.09. The molecule has 1 rings (SSSR count). The average Bonchev–Trinajstić information content (AvgIpc) is 2.10. The highest BCUT2D eigenvalue weighted by molar-refractivity contribution is 5.48. The van der Waals surface area contributed by atoms with Gasteiger partial charge in [0.2, 0.25) is 0 Å². The summed E-state index contributed by atoms with van der Waals surface area (Å²) in [6.45, 7) is 5.65. The van der Waals surface area contributed by atoms with Crippen LogP contribution in [0.5, 0.6) is 0 Å². The molecule has 0 saturated carbocycles. The molecule has 70 valence electrons. The molecule has 2 nitrogen and oxygen atoms in total. The van der Waals surface area contributed by atoms with Crippen LogP contribution in [0.15, 0.2) is 30.9 Å². The van der Waals surface area contributed by atoms with Crippen molar-refractivity contribution in [2.45, 2.75) is 19.4 Å². The smallest absolute Gasteiger partial charge is 0.0343 e. The lowest BCUT2D eigenvalue weighted by atomic mass is 10.0. The Morgan fingerprint density at radius 2 is 2.23 bits per heavy atom. The number of rotatable bonds is 3. The van der Waals surface area contributed by atoms with Crippen LogP contribution in [-0.2, 0) is 0 Å². The maximum atomic E-state index is 5.91. The van der Waals surface area contributed by atoms with Gasteiger partial charge < -0.3 is 11.5 Å². The molecule has 0 fully saturated rings. The molecule has 0 aliphatic heterocycles. The van der Waals surface area contributed by atoms with Gasteiger partial charge in [-0.15, -0.1) is 6.58 Å². The van der Waals surface area contributed by atoms with E-state index in [9.17, 15) is 0 Å². The van der Waals surface area contributed by atoms with Gasteiger partial charge in [0.1, 0.15) is 0 Å². The van der Waals surface area contributed by atoms with E-state index in [1.165, 1.54) is 0 Å². The van der Waals surface area contributed by atoms with Crippen molar-refractivity contribution in [1.29, 1.82) is 0 Å². The minimum absolute atomic E-state index is 0.0387. The van der Waals surface area contributed by atoms with Gasteiger partial charge in [0, 0.05) is 11.7 Å². The fourth-order valence-corrected chi connectivity index (χ4v) is 1.25. The molecule has 0 radical (unpaired) electrons. The van der Waals surface area contributed by atoms with Crippen LogP contribution in [0, 0.1) is 6.92 Å². The van der Waals surface area contributed by atoms with Gasteiger partial charge in [-0.3, -0.25) is 0 Å². The Morgan fingerprint density at radius 1 is 1.54 bits per heavy atom. The summed E-state index contributed by atoms with van der Waals surface area (Å²) >= 11 is 0. The Morgan fingerprint density at radius 3 is 2.77 bits per heavy atom. The average molecular weight is 176 g/mol. The summed E-state index contributed by atoms with van der Waals surface area (Å²) in [7, 11) is 0. The highest BCUT2D eigenvalue weighted by Gasteiger charge is 2.04. The van der Waals surface area contributed by atoms with Gasteiger partial charge in [0.25, 0.3) is 0 Å². The molecule has 1 atom stereocenters. The topological polar surface area (TPSA) is 52.0 Å². The lowest BCUT2D eigenvalue weighted by molar-refractivity contribution is 0.741. The summed E-state index contributed by atoms with van der Waals surface area (Å²) in [5.41, 5.74) is 14.6. The van der Waals surface area contributed by atoms with Gasteiger partial charge in [0.05, 0.1) is 0 Å². The lowest BCUT2D eigenvalue weighted by Crippen LogP contribution is -2.09. The molecule has 0 unspecified atom stereocenters. The first-order chi connectivity index (χ1) is 6.15. The maximum Gasteiger partial charge on any atom is 0.0343 e. The SMILES string of the molecule is C=CC[C@@H](N)c1ccc(N)c(C)c1. The van der Waals surface area contributed by atoms with Crippen LogP contribution in [0.1, 0.15) is 23.6 Å². The van der Waals surface area contributed by atoms with Crippen molar-refractivity contribution in [2.75, 3.05) is 5.73 Å². The van der Waals surface area contributed by atoms with E-state index in [2.05, 4.69) is 6.58 Å². The second kappa shape index (κ2) is 4.10. The number of nitrogens with two attached hydrogens (primary N) is 2. The van der Waals surface area contributed by atoms with Gasteiger partial charge in [-0.2, -0.15) is 0 Å². The fourth-order valence-electron chi connectivity index (χ4n) is 1.25. The van der Waals surface area contributed by atoms with Gasteiger partial charge >= 0.3 is 0 Å². The molecule has 2 heteroatoms. The van der Waals surface area contributed by atoms with Gasteiger partial charge in [-0.1, -0.05) is 18.2 Å². The maximum absolute atomic E-state index is 5.91. The summed E-state index contributed by atoms with van der Waals surface area (Å²) in [5.74, 6) is 0. The molecule has 0 spiro atoms. The fraction of sp³-hybridized carbons (Fsp3) is 0.273. The van der Waals surface area contributed by atoms with Crippen LogP contribution in [0.2, 0.25) is 0 Å². The number of nitrogen functional groups attached to an aromatic ring is 1. The van der Waals surface area contributed by atoms with E-state index in [4.69, 9.17) is 11.5 Å². The summed E-state index contributed by atoms with van der Waals surface area (Å²) in [6.07, 6.45) is 2.62. The van der Waals surface area contributed by atoms with Gasteiger partial charge in [0.15, 0.2) is 0 Å². The Balaban J connectivity index is 2.89. The summed E-state index contributed by atoms with van der Waals surface area (Å²) < 4.78 is 0. The highest BCUT2D eigenvalue weighted by Crippen LogP contribution is 2.19. The molecule has 0 bridgehead atoms. The monoisotopic (exact) mass is 176 g/mol. The standard InChI is InChI=1S/C11H16N2/c1-3-4-11(13)9-5-6-10(12)8(2)7-9/h3,5-7,11H,1,4,12-13H2,2H3/t11-/m1/s1. The zero-order valence-electron chi connectivity index (χ0n) is 7.96. The second-order valence-corrected chi connectivity index (χ2v) is 3.25. The Bertz CT molecular complexity index is 305. The molecule has 0 aliphatic carbocycles.